The Morgan fingerprint density at radius 1 is 1.00 bits per heavy atom. The fourth-order valence-electron chi connectivity index (χ4n) is 0. The first kappa shape index (κ1) is 15.7. The molecule has 0 rings (SSSR count). The molecule has 1 radical (unpaired) electrons. The van der Waals surface area contributed by atoms with E-state index in [1.807, 2.05) is 0 Å². The van der Waals surface area contributed by atoms with Gasteiger partial charge in [-0.3, -0.25) is 0 Å². The smallest absolute Gasteiger partial charge is 0 e. The summed E-state index contributed by atoms with van der Waals surface area (Å²) in [5, 5.41) is 13.5. The molecule has 0 aliphatic rings. The van der Waals surface area contributed by atoms with Crippen LogP contribution in [0.4, 0.5) is 0 Å². The van der Waals surface area contributed by atoms with Crippen molar-refractivity contribution in [2.45, 2.75) is 0 Å². The molecule has 0 aromatic rings. The molecule has 0 spiro atoms. The van der Waals surface area contributed by atoms with Crippen molar-refractivity contribution in [1.29, 1.82) is 0 Å². The third-order valence-electron chi connectivity index (χ3n) is 0. The Bertz CT molecular complexity index is 30.7. The van der Waals surface area contributed by atoms with Crippen LogP contribution in [-0.2, 0) is 9.59 Å². The molecule has 0 amide bonds. The molecule has 0 aliphatic heterocycles. The molecule has 0 bridgehead atoms. The van der Waals surface area contributed by atoms with Crippen molar-refractivity contribution < 1.29 is 58.4 Å². The quantitative estimate of drug-likeness (QED) is 0.552. The van der Waals surface area contributed by atoms with E-state index in [4.69, 9.17) is 19.8 Å². The average molecular weight is 249 g/mol. The Kier molecular flexibility index (Phi) is 76.9. The van der Waals surface area contributed by atoms with Crippen molar-refractivity contribution in [2.75, 3.05) is 0 Å². The number of aliphatic hydroxyl groups excluding tert-OH is 2. The summed E-state index contributed by atoms with van der Waals surface area (Å²) in [4.78, 5) is 16.5. The summed E-state index contributed by atoms with van der Waals surface area (Å²) < 4.78 is 0. The molecule has 7 heavy (non-hydrogen) atoms. The minimum absolute atomic E-state index is 0. The van der Waals surface area contributed by atoms with Gasteiger partial charge in [0.2, 0.25) is 0 Å². The monoisotopic (exact) mass is 249 g/mol. The van der Waals surface area contributed by atoms with E-state index in [9.17, 15) is 0 Å². The van der Waals surface area contributed by atoms with Crippen LogP contribution in [0.2, 0.25) is 0 Å². The standard InChI is InChI=1S/2CHO2.Tb/c2*2-1-3;/h2*(H,2,3);/q2*-1;. The summed E-state index contributed by atoms with van der Waals surface area (Å²) in [5.74, 6) is 0. The average Bonchev–Trinajstić information content (AvgIpc) is 1.39. The van der Waals surface area contributed by atoms with Crippen molar-refractivity contribution in [3.05, 3.63) is 0 Å². The second kappa shape index (κ2) is 34.3. The zero-order chi connectivity index (χ0) is 5.41. The van der Waals surface area contributed by atoms with Crippen LogP contribution in [0.5, 0.6) is 0 Å². The molecule has 0 atom stereocenters. The Hall–Kier alpha value is 0.226. The maximum absolute atomic E-state index is 8.24. The fourth-order valence-corrected chi connectivity index (χ4v) is 0. The first-order valence-electron chi connectivity index (χ1n) is 0.855. The molecule has 0 saturated heterocycles. The van der Waals surface area contributed by atoms with E-state index in [0.717, 1.165) is 0 Å². The van der Waals surface area contributed by atoms with Crippen LogP contribution in [0.25, 0.3) is 0 Å². The van der Waals surface area contributed by atoms with Crippen LogP contribution in [-0.4, -0.2) is 23.2 Å². The summed E-state index contributed by atoms with van der Waals surface area (Å²) in [6, 6.07) is 0. The van der Waals surface area contributed by atoms with E-state index in [-0.39, 0.29) is 38.6 Å². The molecule has 2 N–H and O–H groups in total. The van der Waals surface area contributed by atoms with Gasteiger partial charge in [-0.05, 0) is 0 Å². The molecule has 0 heterocycles. The van der Waals surface area contributed by atoms with Gasteiger partial charge in [-0.2, -0.15) is 0 Å². The van der Waals surface area contributed by atoms with Crippen LogP contribution in [0.15, 0.2) is 0 Å². The van der Waals surface area contributed by atoms with E-state index in [1.54, 1.807) is 0 Å². The number of hydrogen-bond donors (Lipinski definition) is 2. The van der Waals surface area contributed by atoms with Crippen LogP contribution < -0.4 is 0 Å². The predicted molar refractivity (Wildman–Crippen MR) is 16.6 cm³/mol. The van der Waals surface area contributed by atoms with Gasteiger partial charge in [0.05, 0.1) is 0 Å². The molecule has 0 aromatic carbocycles. The van der Waals surface area contributed by atoms with Gasteiger partial charge in [-0.1, -0.05) is 12.9 Å². The Balaban J connectivity index is -0.0000000400. The first-order valence-corrected chi connectivity index (χ1v) is 0.855. The van der Waals surface area contributed by atoms with Crippen LogP contribution in [0, 0.1) is 38.6 Å². The van der Waals surface area contributed by atoms with Gasteiger partial charge in [-0.15, -0.1) is 0 Å². The number of hydrogen-bond acceptors (Lipinski definition) is 2. The molecule has 0 aromatic heterocycles. The molecule has 45 valence electrons. The zero-order valence-corrected chi connectivity index (χ0v) is 5.18. The summed E-state index contributed by atoms with van der Waals surface area (Å²) in [7, 11) is 0. The van der Waals surface area contributed by atoms with Crippen molar-refractivity contribution in [2.24, 2.45) is 0 Å². The van der Waals surface area contributed by atoms with Gasteiger partial charge in [0, 0.05) is 38.6 Å². The predicted octanol–water partition coefficient (Wildman–Crippen LogP) is -0.777. The van der Waals surface area contributed by atoms with Gasteiger partial charge in [0.25, 0.3) is 0 Å². The van der Waals surface area contributed by atoms with E-state index in [1.165, 1.54) is 0 Å². The number of rotatable bonds is 0. The third kappa shape index (κ3) is 2180. The second-order valence-electron chi connectivity index (χ2n) is 0.183. The van der Waals surface area contributed by atoms with Gasteiger partial charge in [0.1, 0.15) is 0 Å². The Morgan fingerprint density at radius 3 is 1.00 bits per heavy atom. The molecule has 0 fully saturated rings. The largest absolute Gasteiger partial charge is 0.665 e. The van der Waals surface area contributed by atoms with Crippen molar-refractivity contribution in [3.8, 4) is 0 Å². The van der Waals surface area contributed by atoms with E-state index in [2.05, 4.69) is 0 Å². The van der Waals surface area contributed by atoms with Gasteiger partial charge in [-0.25, -0.2) is 0 Å². The minimum Gasteiger partial charge on any atom is -0.665 e. The summed E-state index contributed by atoms with van der Waals surface area (Å²) in [6.07, 6.45) is 0. The Morgan fingerprint density at radius 2 is 1.00 bits per heavy atom. The first-order chi connectivity index (χ1) is 2.83. The molecule has 4 nitrogen and oxygen atoms in total. The summed E-state index contributed by atoms with van der Waals surface area (Å²) in [6.45, 7) is 1.00. The van der Waals surface area contributed by atoms with Crippen LogP contribution in [0.3, 0.4) is 0 Å². The van der Waals surface area contributed by atoms with E-state index in [0.29, 0.717) is 12.9 Å². The van der Waals surface area contributed by atoms with Gasteiger partial charge in [0.15, 0.2) is 0 Å². The van der Waals surface area contributed by atoms with Gasteiger partial charge >= 0.3 is 0 Å². The zero-order valence-electron chi connectivity index (χ0n) is 3.04. The topological polar surface area (TPSA) is 74.6 Å². The normalized spacial score (nSPS) is 3.43. The second-order valence-corrected chi connectivity index (χ2v) is 0.183. The molecule has 5 heteroatoms. The van der Waals surface area contributed by atoms with Crippen LogP contribution >= 0.6 is 0 Å². The molecular weight excluding hydrogens is 247 g/mol. The molecule has 0 unspecified atom stereocenters. The molecular formula is C2H2O4Tb-2. The van der Waals surface area contributed by atoms with Crippen LogP contribution in [0.1, 0.15) is 0 Å². The third-order valence-corrected chi connectivity index (χ3v) is 0. The van der Waals surface area contributed by atoms with Gasteiger partial charge < -0.3 is 19.8 Å². The van der Waals surface area contributed by atoms with Crippen molar-refractivity contribution >= 4 is 12.9 Å². The maximum atomic E-state index is 8.24. The van der Waals surface area contributed by atoms with Crippen molar-refractivity contribution in [3.63, 3.8) is 0 Å². The maximum Gasteiger partial charge on any atom is 0 e. The van der Waals surface area contributed by atoms with E-state index < -0.39 is 0 Å². The summed E-state index contributed by atoms with van der Waals surface area (Å²) >= 11 is 0. The van der Waals surface area contributed by atoms with E-state index >= 15 is 0 Å². The Labute approximate surface area is 71.0 Å². The fraction of sp³-hybridized carbons (Fsp3) is 0. The summed E-state index contributed by atoms with van der Waals surface area (Å²) in [5.41, 5.74) is 0. The molecule has 0 saturated carbocycles. The minimum atomic E-state index is 0. The SMILES string of the molecule is O=[C-]O.O=[C-]O.[Tb]. The van der Waals surface area contributed by atoms with Crippen molar-refractivity contribution in [1.82, 2.24) is 0 Å². The molecule has 0 aliphatic carbocycles.